The van der Waals surface area contributed by atoms with Crippen molar-refractivity contribution in [1.82, 2.24) is 0 Å². The first-order valence-electron chi connectivity index (χ1n) is 9.18. The summed E-state index contributed by atoms with van der Waals surface area (Å²) in [5.41, 5.74) is 0.767. The second-order valence-corrected chi connectivity index (χ2v) is 6.55. The van der Waals surface area contributed by atoms with Gasteiger partial charge in [-0.05, 0) is 38.3 Å². The van der Waals surface area contributed by atoms with Crippen molar-refractivity contribution < 1.29 is 22.6 Å². The molecule has 144 valence electrons. The van der Waals surface area contributed by atoms with E-state index in [0.29, 0.717) is 18.8 Å². The van der Waals surface area contributed by atoms with Crippen LogP contribution in [0.5, 0.6) is 0 Å². The topological polar surface area (TPSA) is 18.5 Å². The Bertz CT molecular complexity index is 825. The van der Waals surface area contributed by atoms with E-state index in [-0.39, 0.29) is 28.9 Å². The summed E-state index contributed by atoms with van der Waals surface area (Å²) in [6.45, 7) is 4.76. The smallest absolute Gasteiger partial charge is 0.167 e. The van der Waals surface area contributed by atoms with Crippen molar-refractivity contribution in [3.63, 3.8) is 0 Å². The predicted molar refractivity (Wildman–Crippen MR) is 99.8 cm³/mol. The first-order chi connectivity index (χ1) is 13.0. The molecule has 0 saturated carbocycles. The third-order valence-corrected chi connectivity index (χ3v) is 4.75. The average Bonchev–Trinajstić information content (AvgIpc) is 2.67. The third-order valence-electron chi connectivity index (χ3n) is 4.75. The molecule has 0 bridgehead atoms. The minimum Gasteiger partial charge on any atom is -0.376 e. The van der Waals surface area contributed by atoms with E-state index in [4.69, 9.17) is 9.47 Å². The lowest BCUT2D eigenvalue weighted by Crippen LogP contribution is -2.27. The Kier molecular flexibility index (Phi) is 6.34. The van der Waals surface area contributed by atoms with Gasteiger partial charge in [0.25, 0.3) is 0 Å². The number of rotatable bonds is 5. The van der Waals surface area contributed by atoms with Crippen molar-refractivity contribution >= 4 is 6.08 Å². The van der Waals surface area contributed by atoms with Gasteiger partial charge in [0.2, 0.25) is 0 Å². The van der Waals surface area contributed by atoms with Crippen molar-refractivity contribution in [3.05, 3.63) is 65.0 Å². The molecule has 1 fully saturated rings. The van der Waals surface area contributed by atoms with E-state index in [9.17, 15) is 13.2 Å². The van der Waals surface area contributed by atoms with Crippen molar-refractivity contribution in [2.75, 3.05) is 13.2 Å². The van der Waals surface area contributed by atoms with Crippen LogP contribution >= 0.6 is 0 Å². The maximum absolute atomic E-state index is 14.7. The van der Waals surface area contributed by atoms with E-state index in [1.807, 2.05) is 6.92 Å². The maximum Gasteiger partial charge on any atom is 0.167 e. The van der Waals surface area contributed by atoms with Crippen molar-refractivity contribution in [3.8, 4) is 11.1 Å². The summed E-state index contributed by atoms with van der Waals surface area (Å²) >= 11 is 0. The van der Waals surface area contributed by atoms with Gasteiger partial charge >= 0.3 is 0 Å². The van der Waals surface area contributed by atoms with Gasteiger partial charge in [-0.25, -0.2) is 13.2 Å². The van der Waals surface area contributed by atoms with Crippen LogP contribution in [-0.2, 0) is 9.47 Å². The van der Waals surface area contributed by atoms with Gasteiger partial charge in [-0.1, -0.05) is 36.4 Å². The largest absolute Gasteiger partial charge is 0.376 e. The highest BCUT2D eigenvalue weighted by Crippen LogP contribution is 2.34. The summed E-state index contributed by atoms with van der Waals surface area (Å²) in [7, 11) is 0. The molecule has 2 unspecified atom stereocenters. The number of ether oxygens (including phenoxy) is 2. The van der Waals surface area contributed by atoms with Crippen LogP contribution in [0.1, 0.15) is 43.9 Å². The van der Waals surface area contributed by atoms with Crippen molar-refractivity contribution in [2.45, 2.75) is 38.9 Å². The summed E-state index contributed by atoms with van der Waals surface area (Å²) in [6, 6.07) is 7.38. The van der Waals surface area contributed by atoms with Crippen LogP contribution in [0.15, 0.2) is 36.4 Å². The number of halogens is 3. The third kappa shape index (κ3) is 4.25. The zero-order valence-electron chi connectivity index (χ0n) is 15.5. The fourth-order valence-corrected chi connectivity index (χ4v) is 3.39. The molecular weight excluding hydrogens is 353 g/mol. The highest BCUT2D eigenvalue weighted by atomic mass is 19.2. The van der Waals surface area contributed by atoms with Crippen molar-refractivity contribution in [2.24, 2.45) is 0 Å². The van der Waals surface area contributed by atoms with Gasteiger partial charge in [-0.15, -0.1) is 0 Å². The summed E-state index contributed by atoms with van der Waals surface area (Å²) in [5, 5.41) is 0. The minimum absolute atomic E-state index is 0.0326. The van der Waals surface area contributed by atoms with E-state index >= 15 is 0 Å². The fourth-order valence-electron chi connectivity index (χ4n) is 3.39. The van der Waals surface area contributed by atoms with Gasteiger partial charge in [0, 0.05) is 23.3 Å². The Hall–Kier alpha value is -2.11. The molecule has 0 radical (unpaired) electrons. The molecule has 0 aliphatic carbocycles. The van der Waals surface area contributed by atoms with E-state index in [2.05, 4.69) is 0 Å². The predicted octanol–water partition coefficient (Wildman–Crippen LogP) is 6.06. The van der Waals surface area contributed by atoms with E-state index in [1.165, 1.54) is 30.3 Å². The second kappa shape index (κ2) is 8.72. The Balaban J connectivity index is 1.83. The molecule has 2 nitrogen and oxygen atoms in total. The minimum atomic E-state index is -1.05. The summed E-state index contributed by atoms with van der Waals surface area (Å²) < 4.78 is 54.5. The van der Waals surface area contributed by atoms with E-state index in [1.54, 1.807) is 19.1 Å². The molecule has 1 heterocycles. The lowest BCUT2D eigenvalue weighted by molar-refractivity contribution is -0.0840. The highest BCUT2D eigenvalue weighted by molar-refractivity contribution is 5.68. The average molecular weight is 376 g/mol. The molecule has 0 N–H and O–H groups in total. The number of benzene rings is 2. The lowest BCUT2D eigenvalue weighted by atomic mass is 9.96. The first kappa shape index (κ1) is 19.6. The van der Waals surface area contributed by atoms with Gasteiger partial charge in [-0.2, -0.15) is 0 Å². The van der Waals surface area contributed by atoms with Gasteiger partial charge < -0.3 is 9.47 Å². The zero-order valence-corrected chi connectivity index (χ0v) is 15.5. The molecule has 2 atom stereocenters. The SMILES string of the molecule is C/C=C/c1ccc(-c2ccc(C3CCC(OCC)CO3)cc2F)c(F)c1F. The lowest BCUT2D eigenvalue weighted by Gasteiger charge is -2.29. The molecule has 2 aromatic carbocycles. The molecule has 1 aliphatic heterocycles. The van der Waals surface area contributed by atoms with Gasteiger partial charge in [0.15, 0.2) is 11.6 Å². The molecule has 1 saturated heterocycles. The molecule has 3 rings (SSSR count). The van der Waals surface area contributed by atoms with Crippen LogP contribution in [0.3, 0.4) is 0 Å². The number of hydrogen-bond donors (Lipinski definition) is 0. The van der Waals surface area contributed by atoms with Gasteiger partial charge in [0.05, 0.1) is 18.8 Å². The van der Waals surface area contributed by atoms with Crippen LogP contribution in [0.25, 0.3) is 17.2 Å². The summed E-state index contributed by atoms with van der Waals surface area (Å²) in [5.74, 6) is -2.63. The number of allylic oxidation sites excluding steroid dienone is 1. The van der Waals surface area contributed by atoms with Crippen LogP contribution in [0.4, 0.5) is 13.2 Å². The molecular formula is C22H23F3O2. The first-order valence-corrected chi connectivity index (χ1v) is 9.18. The fraction of sp³-hybridized carbons (Fsp3) is 0.364. The molecule has 0 aromatic heterocycles. The Morgan fingerprint density at radius 1 is 1.07 bits per heavy atom. The van der Waals surface area contributed by atoms with E-state index < -0.39 is 17.5 Å². The van der Waals surface area contributed by atoms with Gasteiger partial charge in [0.1, 0.15) is 5.82 Å². The molecule has 1 aliphatic rings. The molecule has 0 spiro atoms. The standard InChI is InChI=1S/C22H23F3O2/c1-3-5-14-6-10-18(22(25)21(14)24)17-9-7-15(12-19(17)23)20-11-8-16(13-27-20)26-4-2/h3,5-7,9-10,12,16,20H,4,8,11,13H2,1-2H3/b5-3+. The summed E-state index contributed by atoms with van der Waals surface area (Å²) in [4.78, 5) is 0. The maximum atomic E-state index is 14.7. The highest BCUT2D eigenvalue weighted by Gasteiger charge is 2.24. The van der Waals surface area contributed by atoms with Crippen LogP contribution < -0.4 is 0 Å². The molecule has 27 heavy (non-hydrogen) atoms. The molecule has 2 aromatic rings. The van der Waals surface area contributed by atoms with Gasteiger partial charge in [-0.3, -0.25) is 0 Å². The second-order valence-electron chi connectivity index (χ2n) is 6.55. The Morgan fingerprint density at radius 3 is 2.48 bits per heavy atom. The Labute approximate surface area is 157 Å². The van der Waals surface area contributed by atoms with Crippen LogP contribution in [-0.4, -0.2) is 19.3 Å². The zero-order chi connectivity index (χ0) is 19.4. The van der Waals surface area contributed by atoms with E-state index in [0.717, 1.165) is 12.8 Å². The number of hydrogen-bond acceptors (Lipinski definition) is 2. The monoisotopic (exact) mass is 376 g/mol. The quantitative estimate of drug-likeness (QED) is 0.631. The van der Waals surface area contributed by atoms with Crippen molar-refractivity contribution in [1.29, 1.82) is 0 Å². The normalized spacial score (nSPS) is 20.3. The van der Waals surface area contributed by atoms with Crippen LogP contribution in [0.2, 0.25) is 0 Å². The Morgan fingerprint density at radius 2 is 1.85 bits per heavy atom. The molecule has 5 heteroatoms. The molecule has 0 amide bonds. The summed E-state index contributed by atoms with van der Waals surface area (Å²) in [6.07, 6.45) is 4.51. The van der Waals surface area contributed by atoms with Crippen LogP contribution in [0, 0.1) is 17.5 Å².